The Kier molecular flexibility index (Phi) is 6.83. The highest BCUT2D eigenvalue weighted by Crippen LogP contribution is 2.22. The Labute approximate surface area is 194 Å². The molecule has 0 saturated carbocycles. The number of thiophene rings is 1. The molecule has 1 fully saturated rings. The smallest absolute Gasteiger partial charge is 0.332 e. The molecule has 1 N–H and O–H groups in total. The van der Waals surface area contributed by atoms with Crippen molar-refractivity contribution >= 4 is 33.4 Å². The van der Waals surface area contributed by atoms with Crippen LogP contribution in [0.2, 0.25) is 0 Å². The Balaban J connectivity index is 1.53. The second kappa shape index (κ2) is 9.78. The number of likely N-dealkylation sites (tertiary alicyclic amines) is 1. The van der Waals surface area contributed by atoms with Crippen LogP contribution in [0.1, 0.15) is 32.4 Å². The predicted molar refractivity (Wildman–Crippen MR) is 125 cm³/mol. The van der Waals surface area contributed by atoms with Crippen molar-refractivity contribution in [3.05, 3.63) is 56.4 Å². The second-order valence-electron chi connectivity index (χ2n) is 8.81. The van der Waals surface area contributed by atoms with Crippen LogP contribution in [0.5, 0.6) is 0 Å². The zero-order valence-corrected chi connectivity index (χ0v) is 19.6. The number of furan rings is 1. The van der Waals surface area contributed by atoms with Crippen molar-refractivity contribution in [1.29, 1.82) is 0 Å². The van der Waals surface area contributed by atoms with Gasteiger partial charge in [-0.2, -0.15) is 0 Å². The molecular weight excluding hydrogens is 444 g/mol. The maximum atomic E-state index is 13.2. The largest absolute Gasteiger partial charge is 0.467 e. The lowest BCUT2D eigenvalue weighted by Gasteiger charge is -2.35. The number of rotatable bonds is 7. The fraction of sp³-hybridized carbons (Fsp3) is 0.478. The van der Waals surface area contributed by atoms with Crippen molar-refractivity contribution in [3.8, 4) is 0 Å². The number of nitrogens with zero attached hydrogens (tertiary/aromatic N) is 3. The first-order valence-corrected chi connectivity index (χ1v) is 12.0. The van der Waals surface area contributed by atoms with Crippen molar-refractivity contribution in [2.24, 2.45) is 11.8 Å². The highest BCUT2D eigenvalue weighted by Gasteiger charge is 2.26. The van der Waals surface area contributed by atoms with Gasteiger partial charge in [-0.15, -0.1) is 11.3 Å². The molecule has 0 unspecified atom stereocenters. The third-order valence-electron chi connectivity index (χ3n) is 5.95. The first-order valence-electron chi connectivity index (χ1n) is 11.1. The minimum Gasteiger partial charge on any atom is -0.467 e. The molecule has 2 atom stereocenters. The number of fused-ring (bicyclic) bond motifs is 1. The molecule has 0 aromatic carbocycles. The van der Waals surface area contributed by atoms with Crippen LogP contribution in [-0.2, 0) is 29.2 Å². The molecule has 4 rings (SSSR count). The Morgan fingerprint density at radius 3 is 2.61 bits per heavy atom. The molecule has 1 aliphatic heterocycles. The molecule has 3 aromatic rings. The molecule has 9 nitrogen and oxygen atoms in total. The highest BCUT2D eigenvalue weighted by atomic mass is 32.1. The number of nitrogens with one attached hydrogen (secondary N) is 1. The van der Waals surface area contributed by atoms with Gasteiger partial charge in [-0.25, -0.2) is 4.79 Å². The maximum Gasteiger partial charge on any atom is 0.332 e. The van der Waals surface area contributed by atoms with Gasteiger partial charge in [0.25, 0.3) is 5.56 Å². The molecule has 10 heteroatoms. The van der Waals surface area contributed by atoms with E-state index >= 15 is 0 Å². The van der Waals surface area contributed by atoms with E-state index in [1.54, 1.807) is 28.5 Å². The molecule has 0 radical (unpaired) electrons. The molecule has 176 valence electrons. The number of hydrogen-bond donors (Lipinski definition) is 1. The van der Waals surface area contributed by atoms with E-state index in [-0.39, 0.29) is 37.9 Å². The average Bonchev–Trinajstić information content (AvgIpc) is 3.46. The van der Waals surface area contributed by atoms with E-state index in [0.29, 0.717) is 40.9 Å². The second-order valence-corrected chi connectivity index (χ2v) is 9.73. The molecule has 1 saturated heterocycles. The van der Waals surface area contributed by atoms with E-state index in [4.69, 9.17) is 4.42 Å². The van der Waals surface area contributed by atoms with Crippen molar-refractivity contribution in [2.45, 2.75) is 46.3 Å². The van der Waals surface area contributed by atoms with Gasteiger partial charge in [0.05, 0.1) is 18.3 Å². The molecule has 0 aliphatic carbocycles. The van der Waals surface area contributed by atoms with Crippen molar-refractivity contribution < 1.29 is 14.0 Å². The van der Waals surface area contributed by atoms with Gasteiger partial charge < -0.3 is 14.6 Å². The predicted octanol–water partition coefficient (Wildman–Crippen LogP) is 2.03. The molecule has 4 heterocycles. The van der Waals surface area contributed by atoms with Crippen LogP contribution in [0.25, 0.3) is 10.2 Å². The summed E-state index contributed by atoms with van der Waals surface area (Å²) in [7, 11) is 0. The van der Waals surface area contributed by atoms with Crippen LogP contribution < -0.4 is 16.6 Å². The van der Waals surface area contributed by atoms with Gasteiger partial charge in [-0.1, -0.05) is 13.8 Å². The normalized spacial score (nSPS) is 18.5. The Bertz CT molecular complexity index is 1250. The third-order valence-corrected chi connectivity index (χ3v) is 6.85. The van der Waals surface area contributed by atoms with Gasteiger partial charge in [0.2, 0.25) is 11.8 Å². The standard InChI is InChI=1S/C23H28N4O5S/c1-15-10-16(2)13-25(12-15)20(29)14-27-18-6-9-33-21(18)22(30)26(23(27)31)7-5-19(28)24-11-17-4-3-8-32-17/h3-4,6,8-9,15-16H,5,7,10-14H2,1-2H3,(H,24,28)/t15-,16-/m0/s1. The Morgan fingerprint density at radius 1 is 1.15 bits per heavy atom. The first kappa shape index (κ1) is 23.0. The van der Waals surface area contributed by atoms with E-state index in [1.807, 2.05) is 0 Å². The SMILES string of the molecule is C[C@H]1C[C@H](C)CN(C(=O)Cn2c(=O)n(CCC(=O)NCc3ccco3)c(=O)c3sccc32)C1. The molecule has 0 spiro atoms. The number of hydrogen-bond acceptors (Lipinski definition) is 6. The monoisotopic (exact) mass is 472 g/mol. The van der Waals surface area contributed by atoms with Crippen LogP contribution >= 0.6 is 11.3 Å². The summed E-state index contributed by atoms with van der Waals surface area (Å²) < 4.78 is 8.00. The van der Waals surface area contributed by atoms with Gasteiger partial charge in [0.1, 0.15) is 17.0 Å². The van der Waals surface area contributed by atoms with Crippen LogP contribution in [0.3, 0.4) is 0 Å². The van der Waals surface area contributed by atoms with Gasteiger partial charge >= 0.3 is 5.69 Å². The van der Waals surface area contributed by atoms with E-state index < -0.39 is 11.2 Å². The molecule has 33 heavy (non-hydrogen) atoms. The number of piperidine rings is 1. The summed E-state index contributed by atoms with van der Waals surface area (Å²) in [6.07, 6.45) is 2.56. The van der Waals surface area contributed by atoms with Gasteiger partial charge in [0.15, 0.2) is 0 Å². The third kappa shape index (κ3) is 5.11. The zero-order valence-electron chi connectivity index (χ0n) is 18.8. The minimum absolute atomic E-state index is 0.0398. The fourth-order valence-corrected chi connectivity index (χ4v) is 5.33. The van der Waals surface area contributed by atoms with E-state index in [9.17, 15) is 19.2 Å². The number of carbonyl (C=O) groups excluding carboxylic acids is 2. The summed E-state index contributed by atoms with van der Waals surface area (Å²) in [6, 6.07) is 5.17. The summed E-state index contributed by atoms with van der Waals surface area (Å²) in [5.41, 5.74) is -0.552. The van der Waals surface area contributed by atoms with Gasteiger partial charge in [-0.05, 0) is 41.8 Å². The maximum absolute atomic E-state index is 13.2. The highest BCUT2D eigenvalue weighted by molar-refractivity contribution is 7.17. The molecular formula is C23H28N4O5S. The zero-order chi connectivity index (χ0) is 23.5. The summed E-state index contributed by atoms with van der Waals surface area (Å²) in [4.78, 5) is 53.2. The van der Waals surface area contributed by atoms with Crippen molar-refractivity contribution in [2.75, 3.05) is 13.1 Å². The topological polar surface area (TPSA) is 107 Å². The lowest BCUT2D eigenvalue weighted by molar-refractivity contribution is -0.134. The van der Waals surface area contributed by atoms with Crippen LogP contribution in [0.15, 0.2) is 43.8 Å². The summed E-state index contributed by atoms with van der Waals surface area (Å²) in [5, 5.41) is 4.44. The number of amides is 2. The molecule has 1 aliphatic rings. The van der Waals surface area contributed by atoms with Gasteiger partial charge in [-0.3, -0.25) is 23.5 Å². The average molecular weight is 473 g/mol. The quantitative estimate of drug-likeness (QED) is 0.566. The lowest BCUT2D eigenvalue weighted by atomic mass is 9.92. The fourth-order valence-electron chi connectivity index (χ4n) is 4.49. The van der Waals surface area contributed by atoms with E-state index in [2.05, 4.69) is 19.2 Å². The van der Waals surface area contributed by atoms with E-state index in [1.165, 1.54) is 22.2 Å². The van der Waals surface area contributed by atoms with E-state index in [0.717, 1.165) is 11.0 Å². The number of aromatic nitrogens is 2. The summed E-state index contributed by atoms with van der Waals surface area (Å²) >= 11 is 1.23. The Hall–Kier alpha value is -3.14. The summed E-state index contributed by atoms with van der Waals surface area (Å²) in [5.74, 6) is 0.989. The minimum atomic E-state index is -0.573. The Morgan fingerprint density at radius 2 is 1.91 bits per heavy atom. The lowest BCUT2D eigenvalue weighted by Crippen LogP contribution is -2.47. The van der Waals surface area contributed by atoms with Crippen molar-refractivity contribution in [1.82, 2.24) is 19.4 Å². The first-order chi connectivity index (χ1) is 15.8. The molecule has 0 bridgehead atoms. The van der Waals surface area contributed by atoms with Crippen molar-refractivity contribution in [3.63, 3.8) is 0 Å². The molecule has 3 aromatic heterocycles. The van der Waals surface area contributed by atoms with Crippen LogP contribution in [-0.4, -0.2) is 38.9 Å². The van der Waals surface area contributed by atoms with Crippen LogP contribution in [0, 0.1) is 11.8 Å². The van der Waals surface area contributed by atoms with Gasteiger partial charge in [0, 0.05) is 26.1 Å². The summed E-state index contributed by atoms with van der Waals surface area (Å²) in [6.45, 7) is 5.61. The van der Waals surface area contributed by atoms with Crippen LogP contribution in [0.4, 0.5) is 0 Å². The number of carbonyl (C=O) groups is 2. The molecule has 2 amide bonds.